The Bertz CT molecular complexity index is 1300. The lowest BCUT2D eigenvalue weighted by atomic mass is 10.1. The molecule has 0 unspecified atom stereocenters. The molecule has 2 aromatic heterocycles. The van der Waals surface area contributed by atoms with E-state index in [1.807, 2.05) is 66.0 Å². The van der Waals surface area contributed by atoms with Gasteiger partial charge in [0.05, 0.1) is 11.9 Å². The third-order valence-electron chi connectivity index (χ3n) is 4.35. The zero-order valence-corrected chi connectivity index (χ0v) is 17.4. The van der Waals surface area contributed by atoms with Gasteiger partial charge in [-0.1, -0.05) is 72.0 Å². The molecule has 1 N–H and O–H groups in total. The molecule has 3 heterocycles. The summed E-state index contributed by atoms with van der Waals surface area (Å²) in [7, 11) is 0. The molecule has 0 radical (unpaired) electrons. The molecule has 1 aliphatic rings. The van der Waals surface area contributed by atoms with Crippen molar-refractivity contribution in [2.75, 3.05) is 10.4 Å². The van der Waals surface area contributed by atoms with Crippen LogP contribution in [0.25, 0.3) is 11.3 Å². The average Bonchev–Trinajstić information content (AvgIpc) is 3.53. The number of nitrogens with one attached hydrogen (secondary N) is 1. The van der Waals surface area contributed by atoms with Gasteiger partial charge in [0.2, 0.25) is 10.3 Å². The van der Waals surface area contributed by atoms with Crippen LogP contribution in [0, 0.1) is 5.13 Å². The minimum atomic E-state index is -0.449. The van der Waals surface area contributed by atoms with E-state index in [0.717, 1.165) is 34.4 Å². The fourth-order valence-electron chi connectivity index (χ4n) is 2.93. The van der Waals surface area contributed by atoms with E-state index in [2.05, 4.69) is 25.6 Å². The van der Waals surface area contributed by atoms with Gasteiger partial charge in [0.1, 0.15) is 5.71 Å². The summed E-state index contributed by atoms with van der Waals surface area (Å²) in [6.07, 6.45) is 1.09. The quantitative estimate of drug-likeness (QED) is 0.452. The topological polar surface area (TPSA) is 82.8 Å². The molecule has 4 aromatic rings. The van der Waals surface area contributed by atoms with Crippen LogP contribution in [-0.4, -0.2) is 27.3 Å². The van der Waals surface area contributed by atoms with Crippen molar-refractivity contribution >= 4 is 50.3 Å². The number of amides is 1. The van der Waals surface area contributed by atoms with Crippen molar-refractivity contribution in [1.82, 2.24) is 9.97 Å². The second-order valence-electron chi connectivity index (χ2n) is 6.35. The monoisotopic (exact) mass is 448 g/mol. The highest BCUT2D eigenvalue weighted by atomic mass is 32.1. The van der Waals surface area contributed by atoms with Crippen molar-refractivity contribution in [3.05, 3.63) is 82.9 Å². The first-order valence-electron chi connectivity index (χ1n) is 9.14. The van der Waals surface area contributed by atoms with Crippen LogP contribution in [0.4, 0.5) is 14.7 Å². The molecule has 0 saturated carbocycles. The number of thiazole rings is 2. The van der Waals surface area contributed by atoms with Gasteiger partial charge < -0.3 is 0 Å². The molecule has 0 fully saturated rings. The molecule has 5 rings (SSSR count). The number of nitrogens with zero attached hydrogens (tertiary/aromatic N) is 5. The number of benzene rings is 2. The Balaban J connectivity index is 1.51. The molecule has 1 aliphatic heterocycles. The zero-order chi connectivity index (χ0) is 21.2. The van der Waals surface area contributed by atoms with Crippen LogP contribution in [0.5, 0.6) is 0 Å². The first-order valence-corrected chi connectivity index (χ1v) is 10.8. The molecule has 10 heteroatoms. The van der Waals surface area contributed by atoms with Crippen LogP contribution < -0.4 is 10.4 Å². The number of hydrogen-bond donors (Lipinski definition) is 1. The maximum atomic E-state index is 13.2. The molecule has 31 heavy (non-hydrogen) atoms. The van der Waals surface area contributed by atoms with Gasteiger partial charge in [-0.25, -0.2) is 9.97 Å². The number of aromatic nitrogens is 2. The Morgan fingerprint density at radius 3 is 2.39 bits per heavy atom. The largest absolute Gasteiger partial charge is 0.303 e. The summed E-state index contributed by atoms with van der Waals surface area (Å²) >= 11 is 2.11. The molecule has 1 amide bonds. The fraction of sp³-hybridized carbons (Fsp3) is 0. The number of halogens is 1. The predicted molar refractivity (Wildman–Crippen MR) is 121 cm³/mol. The van der Waals surface area contributed by atoms with Crippen molar-refractivity contribution in [2.24, 2.45) is 10.2 Å². The summed E-state index contributed by atoms with van der Waals surface area (Å²) in [5.41, 5.74) is 5.57. The molecule has 0 saturated heterocycles. The van der Waals surface area contributed by atoms with E-state index in [9.17, 15) is 9.18 Å². The summed E-state index contributed by atoms with van der Waals surface area (Å²) in [5, 5.41) is 12.0. The summed E-state index contributed by atoms with van der Waals surface area (Å²) in [6, 6.07) is 18.9. The van der Waals surface area contributed by atoms with E-state index in [4.69, 9.17) is 0 Å². The van der Waals surface area contributed by atoms with E-state index in [1.54, 1.807) is 0 Å². The molecule has 0 atom stereocenters. The highest BCUT2D eigenvalue weighted by Crippen LogP contribution is 2.30. The van der Waals surface area contributed by atoms with E-state index in [0.29, 0.717) is 10.8 Å². The van der Waals surface area contributed by atoms with Gasteiger partial charge >= 0.3 is 5.91 Å². The SMILES string of the molecule is O=C1/C(=N\Nc2ncc(F)s2)C(c2ccccc2)=NN1c1nc(-c2ccccc2)cs1. The number of rotatable bonds is 5. The molecule has 152 valence electrons. The average molecular weight is 449 g/mol. The van der Waals surface area contributed by atoms with Gasteiger partial charge in [-0.05, 0) is 0 Å². The van der Waals surface area contributed by atoms with E-state index < -0.39 is 11.0 Å². The van der Waals surface area contributed by atoms with Gasteiger partial charge in [0.25, 0.3) is 0 Å². The lowest BCUT2D eigenvalue weighted by Crippen LogP contribution is -2.28. The van der Waals surface area contributed by atoms with E-state index in [-0.39, 0.29) is 10.8 Å². The molecule has 2 aromatic carbocycles. The lowest BCUT2D eigenvalue weighted by molar-refractivity contribution is -0.112. The van der Waals surface area contributed by atoms with Crippen LogP contribution in [0.2, 0.25) is 0 Å². The summed E-state index contributed by atoms with van der Waals surface area (Å²) in [6.45, 7) is 0. The molecule has 7 nitrogen and oxygen atoms in total. The minimum Gasteiger partial charge on any atom is -0.265 e. The first kappa shape index (κ1) is 19.2. The number of anilines is 2. The number of hydrazone groups is 2. The van der Waals surface area contributed by atoms with Gasteiger partial charge in [-0.15, -0.1) is 11.3 Å². The fourth-order valence-corrected chi connectivity index (χ4v) is 4.20. The molecular weight excluding hydrogens is 435 g/mol. The normalized spacial score (nSPS) is 14.9. The summed E-state index contributed by atoms with van der Waals surface area (Å²) in [5.74, 6) is -0.433. The highest BCUT2D eigenvalue weighted by Gasteiger charge is 2.35. The van der Waals surface area contributed by atoms with Gasteiger partial charge in [0, 0.05) is 16.5 Å². The number of hydrogen-bond acceptors (Lipinski definition) is 8. The maximum absolute atomic E-state index is 13.2. The highest BCUT2D eigenvalue weighted by molar-refractivity contribution is 7.14. The summed E-state index contributed by atoms with van der Waals surface area (Å²) in [4.78, 5) is 21.6. The van der Waals surface area contributed by atoms with Gasteiger partial charge in [0.15, 0.2) is 10.8 Å². The second-order valence-corrected chi connectivity index (χ2v) is 8.17. The van der Waals surface area contributed by atoms with Crippen LogP contribution >= 0.6 is 22.7 Å². The minimum absolute atomic E-state index is 0.0956. The predicted octanol–water partition coefficient (Wildman–Crippen LogP) is 4.62. The third-order valence-corrected chi connectivity index (χ3v) is 5.86. The third kappa shape index (κ3) is 3.86. The smallest absolute Gasteiger partial charge is 0.265 e. The molecule has 0 bridgehead atoms. The van der Waals surface area contributed by atoms with Crippen molar-refractivity contribution in [3.63, 3.8) is 0 Å². The second kappa shape index (κ2) is 8.17. The standard InChI is InChI=1S/C21H13FN6OS2/c22-16-11-23-20(31-16)26-25-18-17(14-9-5-2-6-10-14)27-28(19(18)29)21-24-15(12-30-21)13-7-3-1-4-8-13/h1-12H,(H,23,26)/b25-18-. The molecule has 0 aliphatic carbocycles. The van der Waals surface area contributed by atoms with Crippen LogP contribution in [0.1, 0.15) is 5.56 Å². The Morgan fingerprint density at radius 2 is 1.71 bits per heavy atom. The van der Waals surface area contributed by atoms with Gasteiger partial charge in [-0.2, -0.15) is 19.6 Å². The van der Waals surface area contributed by atoms with Crippen molar-refractivity contribution < 1.29 is 9.18 Å². The zero-order valence-electron chi connectivity index (χ0n) is 15.8. The Labute approximate surface area is 184 Å². The van der Waals surface area contributed by atoms with Gasteiger partial charge in [-0.3, -0.25) is 10.2 Å². The number of carbonyl (C=O) groups is 1. The van der Waals surface area contributed by atoms with E-state index >= 15 is 0 Å². The van der Waals surface area contributed by atoms with Crippen molar-refractivity contribution in [3.8, 4) is 11.3 Å². The first-order chi connectivity index (χ1) is 15.2. The van der Waals surface area contributed by atoms with Crippen molar-refractivity contribution in [2.45, 2.75) is 0 Å². The number of carbonyl (C=O) groups excluding carboxylic acids is 1. The summed E-state index contributed by atoms with van der Waals surface area (Å²) < 4.78 is 13.2. The van der Waals surface area contributed by atoms with Crippen LogP contribution in [-0.2, 0) is 4.79 Å². The molecular formula is C21H13FN6OS2. The Kier molecular flexibility index (Phi) is 5.06. The maximum Gasteiger partial charge on any atom is 0.303 e. The lowest BCUT2D eigenvalue weighted by Gasteiger charge is -2.06. The van der Waals surface area contributed by atoms with Crippen LogP contribution in [0.15, 0.2) is 82.4 Å². The molecule has 0 spiro atoms. The Morgan fingerprint density at radius 1 is 1.00 bits per heavy atom. The van der Waals surface area contributed by atoms with E-state index in [1.165, 1.54) is 16.3 Å². The van der Waals surface area contributed by atoms with Crippen molar-refractivity contribution in [1.29, 1.82) is 0 Å². The Hall–Kier alpha value is -3.76. The van der Waals surface area contributed by atoms with Crippen LogP contribution in [0.3, 0.4) is 0 Å².